The SMILES string of the molecule is COc1ccc(CN(C)C(=O)c2c(O)cccc2C=O)cc1OC. The third kappa shape index (κ3) is 3.48. The summed E-state index contributed by atoms with van der Waals surface area (Å²) in [4.78, 5) is 25.1. The number of phenolic OH excluding ortho intramolecular Hbond substituents is 1. The van der Waals surface area contributed by atoms with Crippen LogP contribution in [0.3, 0.4) is 0 Å². The van der Waals surface area contributed by atoms with Gasteiger partial charge in [0.25, 0.3) is 5.91 Å². The van der Waals surface area contributed by atoms with Crippen LogP contribution in [0.5, 0.6) is 17.2 Å². The number of benzene rings is 2. The van der Waals surface area contributed by atoms with Gasteiger partial charge in [-0.05, 0) is 23.8 Å². The second kappa shape index (κ2) is 7.50. The van der Waals surface area contributed by atoms with Crippen LogP contribution in [0.25, 0.3) is 0 Å². The van der Waals surface area contributed by atoms with Gasteiger partial charge >= 0.3 is 0 Å². The van der Waals surface area contributed by atoms with E-state index in [1.165, 1.54) is 30.2 Å². The lowest BCUT2D eigenvalue weighted by Crippen LogP contribution is -2.27. The summed E-state index contributed by atoms with van der Waals surface area (Å²) in [6, 6.07) is 9.73. The molecule has 0 spiro atoms. The van der Waals surface area contributed by atoms with Gasteiger partial charge in [0.2, 0.25) is 0 Å². The van der Waals surface area contributed by atoms with Crippen LogP contribution in [0, 0.1) is 0 Å². The van der Waals surface area contributed by atoms with Crippen LogP contribution < -0.4 is 9.47 Å². The molecule has 1 N–H and O–H groups in total. The summed E-state index contributed by atoms with van der Waals surface area (Å²) in [5, 5.41) is 9.92. The molecular weight excluding hydrogens is 310 g/mol. The highest BCUT2D eigenvalue weighted by Crippen LogP contribution is 2.28. The Kier molecular flexibility index (Phi) is 5.42. The maximum absolute atomic E-state index is 12.6. The summed E-state index contributed by atoms with van der Waals surface area (Å²) >= 11 is 0. The molecule has 1 amide bonds. The number of hydrogen-bond donors (Lipinski definition) is 1. The minimum absolute atomic E-state index is 0.00419. The fourth-order valence-corrected chi connectivity index (χ4v) is 2.40. The van der Waals surface area contributed by atoms with Crippen molar-refractivity contribution in [3.63, 3.8) is 0 Å². The normalized spacial score (nSPS) is 10.1. The first-order valence-corrected chi connectivity index (χ1v) is 7.25. The fraction of sp³-hybridized carbons (Fsp3) is 0.222. The summed E-state index contributed by atoms with van der Waals surface area (Å²) in [6.07, 6.45) is 0.553. The van der Waals surface area contributed by atoms with Gasteiger partial charge in [0.15, 0.2) is 17.8 Å². The van der Waals surface area contributed by atoms with E-state index < -0.39 is 5.91 Å². The van der Waals surface area contributed by atoms with Gasteiger partial charge < -0.3 is 19.5 Å². The molecule has 0 aromatic heterocycles. The maximum Gasteiger partial charge on any atom is 0.258 e. The molecule has 0 saturated heterocycles. The number of carbonyl (C=O) groups excluding carboxylic acids is 2. The number of methoxy groups -OCH3 is 2. The number of hydrogen-bond acceptors (Lipinski definition) is 5. The highest BCUT2D eigenvalue weighted by molar-refractivity contribution is 6.03. The number of ether oxygens (including phenoxy) is 2. The molecule has 2 aromatic rings. The van der Waals surface area contributed by atoms with E-state index in [9.17, 15) is 14.7 Å². The lowest BCUT2D eigenvalue weighted by atomic mass is 10.1. The monoisotopic (exact) mass is 329 g/mol. The van der Waals surface area contributed by atoms with Crippen molar-refractivity contribution in [3.05, 3.63) is 53.1 Å². The van der Waals surface area contributed by atoms with Crippen LogP contribution in [0.1, 0.15) is 26.3 Å². The molecule has 0 bridgehead atoms. The highest BCUT2D eigenvalue weighted by atomic mass is 16.5. The van der Waals surface area contributed by atoms with Gasteiger partial charge in [0.1, 0.15) is 5.75 Å². The molecule has 0 unspecified atom stereocenters. The largest absolute Gasteiger partial charge is 0.507 e. The van der Waals surface area contributed by atoms with Crippen molar-refractivity contribution in [3.8, 4) is 17.2 Å². The summed E-state index contributed by atoms with van der Waals surface area (Å²) < 4.78 is 10.4. The van der Waals surface area contributed by atoms with Crippen LogP contribution in [-0.2, 0) is 6.54 Å². The van der Waals surface area contributed by atoms with Crippen LogP contribution in [0.15, 0.2) is 36.4 Å². The third-order valence-electron chi connectivity index (χ3n) is 3.63. The Labute approximate surface area is 140 Å². The number of rotatable bonds is 6. The van der Waals surface area contributed by atoms with E-state index in [2.05, 4.69) is 0 Å². The molecule has 0 aliphatic rings. The quantitative estimate of drug-likeness (QED) is 0.824. The van der Waals surface area contributed by atoms with Gasteiger partial charge in [0, 0.05) is 19.2 Å². The number of nitrogens with zero attached hydrogens (tertiary/aromatic N) is 1. The molecular formula is C18H19NO5. The third-order valence-corrected chi connectivity index (χ3v) is 3.63. The number of carbonyl (C=O) groups is 2. The maximum atomic E-state index is 12.6. The smallest absolute Gasteiger partial charge is 0.258 e. The highest BCUT2D eigenvalue weighted by Gasteiger charge is 2.20. The Balaban J connectivity index is 2.25. The van der Waals surface area contributed by atoms with E-state index in [0.29, 0.717) is 17.8 Å². The summed E-state index contributed by atoms with van der Waals surface area (Å²) in [5.41, 5.74) is 0.973. The van der Waals surface area contributed by atoms with Gasteiger partial charge in [-0.15, -0.1) is 0 Å². The Morgan fingerprint density at radius 2 is 1.88 bits per heavy atom. The molecule has 6 nitrogen and oxygen atoms in total. The molecule has 0 aliphatic heterocycles. The summed E-state index contributed by atoms with van der Waals surface area (Å²) in [5.74, 6) is 0.500. The first-order valence-electron chi connectivity index (χ1n) is 7.25. The first kappa shape index (κ1) is 17.3. The van der Waals surface area contributed by atoms with E-state index in [1.807, 2.05) is 6.07 Å². The number of amides is 1. The molecule has 0 radical (unpaired) electrons. The second-order valence-corrected chi connectivity index (χ2v) is 5.21. The predicted octanol–water partition coefficient (Wildman–Crippen LogP) is 2.49. The number of aromatic hydroxyl groups is 1. The average Bonchev–Trinajstić information content (AvgIpc) is 2.60. The van der Waals surface area contributed by atoms with E-state index >= 15 is 0 Å². The van der Waals surface area contributed by atoms with Crippen molar-refractivity contribution >= 4 is 12.2 Å². The Morgan fingerprint density at radius 1 is 1.17 bits per heavy atom. The van der Waals surface area contributed by atoms with E-state index in [1.54, 1.807) is 26.3 Å². The Hall–Kier alpha value is -3.02. The van der Waals surface area contributed by atoms with E-state index in [0.717, 1.165) is 5.56 Å². The van der Waals surface area contributed by atoms with E-state index in [-0.39, 0.29) is 23.4 Å². The molecule has 0 fully saturated rings. The van der Waals surface area contributed by atoms with Crippen LogP contribution >= 0.6 is 0 Å². The molecule has 2 rings (SSSR count). The molecule has 0 atom stereocenters. The molecule has 2 aromatic carbocycles. The molecule has 126 valence electrons. The number of phenols is 1. The van der Waals surface area contributed by atoms with Crippen LogP contribution in [0.4, 0.5) is 0 Å². The van der Waals surface area contributed by atoms with Gasteiger partial charge in [-0.1, -0.05) is 18.2 Å². The lowest BCUT2D eigenvalue weighted by Gasteiger charge is -2.19. The van der Waals surface area contributed by atoms with Crippen molar-refractivity contribution < 1.29 is 24.2 Å². The van der Waals surface area contributed by atoms with Crippen LogP contribution in [-0.4, -0.2) is 43.5 Å². The second-order valence-electron chi connectivity index (χ2n) is 5.21. The molecule has 24 heavy (non-hydrogen) atoms. The first-order chi connectivity index (χ1) is 11.5. The molecule has 0 saturated carbocycles. The average molecular weight is 329 g/mol. The van der Waals surface area contributed by atoms with Crippen molar-refractivity contribution in [1.82, 2.24) is 4.90 Å². The van der Waals surface area contributed by atoms with Gasteiger partial charge in [-0.25, -0.2) is 0 Å². The zero-order valence-electron chi connectivity index (χ0n) is 13.8. The topological polar surface area (TPSA) is 76.1 Å². The number of aldehydes is 1. The minimum Gasteiger partial charge on any atom is -0.507 e. The van der Waals surface area contributed by atoms with Gasteiger partial charge in [0.05, 0.1) is 19.8 Å². The fourth-order valence-electron chi connectivity index (χ4n) is 2.40. The molecule has 0 aliphatic carbocycles. The van der Waals surface area contributed by atoms with Crippen molar-refractivity contribution in [2.75, 3.05) is 21.3 Å². The van der Waals surface area contributed by atoms with Gasteiger partial charge in [-0.2, -0.15) is 0 Å². The Bertz CT molecular complexity index is 757. The minimum atomic E-state index is -0.440. The zero-order valence-corrected chi connectivity index (χ0v) is 13.8. The standard InChI is InChI=1S/C18H19NO5/c1-19(10-12-7-8-15(23-2)16(9-12)24-3)18(22)17-13(11-20)5-4-6-14(17)21/h4-9,11,21H,10H2,1-3H3. The zero-order chi connectivity index (χ0) is 17.7. The predicted molar refractivity (Wildman–Crippen MR) is 88.8 cm³/mol. The summed E-state index contributed by atoms with van der Waals surface area (Å²) in [7, 11) is 4.68. The lowest BCUT2D eigenvalue weighted by molar-refractivity contribution is 0.0778. The van der Waals surface area contributed by atoms with E-state index in [4.69, 9.17) is 9.47 Å². The molecule has 0 heterocycles. The van der Waals surface area contributed by atoms with Gasteiger partial charge in [-0.3, -0.25) is 9.59 Å². The molecule has 6 heteroatoms. The van der Waals surface area contributed by atoms with Crippen molar-refractivity contribution in [1.29, 1.82) is 0 Å². The van der Waals surface area contributed by atoms with Crippen LogP contribution in [0.2, 0.25) is 0 Å². The summed E-state index contributed by atoms with van der Waals surface area (Å²) in [6.45, 7) is 0.284. The Morgan fingerprint density at radius 3 is 2.50 bits per heavy atom. The van der Waals surface area contributed by atoms with Crippen molar-refractivity contribution in [2.24, 2.45) is 0 Å². The van der Waals surface area contributed by atoms with Crippen molar-refractivity contribution in [2.45, 2.75) is 6.54 Å².